The Kier molecular flexibility index (Phi) is 2.60. The van der Waals surface area contributed by atoms with Crippen molar-refractivity contribution in [1.82, 2.24) is 13.7 Å². The first-order chi connectivity index (χ1) is 6.83. The number of hydrogen-bond acceptors (Lipinski definition) is 5. The van der Waals surface area contributed by atoms with Gasteiger partial charge in [0.2, 0.25) is 0 Å². The fourth-order valence-electron chi connectivity index (χ4n) is 1.05. The van der Waals surface area contributed by atoms with Gasteiger partial charge in [-0.15, -0.1) is 0 Å². The molecule has 0 atom stereocenters. The summed E-state index contributed by atoms with van der Waals surface area (Å²) >= 11 is 6.90. The predicted octanol–water partition coefficient (Wildman–Crippen LogP) is 2.26. The highest BCUT2D eigenvalue weighted by molar-refractivity contribution is 6.99. The van der Waals surface area contributed by atoms with E-state index in [2.05, 4.69) is 13.7 Å². The molecule has 0 unspecified atom stereocenters. The molecule has 6 heteroatoms. The van der Waals surface area contributed by atoms with Crippen molar-refractivity contribution in [3.63, 3.8) is 0 Å². The quantitative estimate of drug-likeness (QED) is 0.790. The van der Waals surface area contributed by atoms with Gasteiger partial charge < -0.3 is 4.74 Å². The number of nitrogens with zero attached hydrogens (tertiary/aromatic N) is 3. The van der Waals surface area contributed by atoms with Crippen molar-refractivity contribution in [2.75, 3.05) is 7.11 Å². The Labute approximate surface area is 89.9 Å². The van der Waals surface area contributed by atoms with Crippen LogP contribution in [0.15, 0.2) is 18.3 Å². The summed E-state index contributed by atoms with van der Waals surface area (Å²) in [5.41, 5.74) is 1.18. The van der Waals surface area contributed by atoms with Crippen molar-refractivity contribution in [2.45, 2.75) is 0 Å². The average Bonchev–Trinajstić information content (AvgIpc) is 2.64. The van der Waals surface area contributed by atoms with Crippen LogP contribution in [0.5, 0.6) is 5.75 Å². The minimum absolute atomic E-state index is 0.354. The lowest BCUT2D eigenvalue weighted by Gasteiger charge is -2.03. The van der Waals surface area contributed by atoms with Crippen molar-refractivity contribution in [3.8, 4) is 17.1 Å². The molecule has 0 aliphatic carbocycles. The van der Waals surface area contributed by atoms with E-state index >= 15 is 0 Å². The monoisotopic (exact) mass is 227 g/mol. The molecule has 2 aromatic rings. The molecule has 0 aromatic carbocycles. The molecule has 0 saturated heterocycles. The van der Waals surface area contributed by atoms with Crippen LogP contribution in [0, 0.1) is 0 Å². The normalized spacial score (nSPS) is 10.1. The van der Waals surface area contributed by atoms with E-state index in [0.717, 1.165) is 11.7 Å². The second-order valence-electron chi connectivity index (χ2n) is 2.46. The third-order valence-corrected chi connectivity index (χ3v) is 2.56. The molecule has 4 nitrogen and oxygen atoms in total. The number of ether oxygens (including phenoxy) is 1. The van der Waals surface area contributed by atoms with Gasteiger partial charge in [-0.25, -0.2) is 0 Å². The maximum absolute atomic E-state index is 5.84. The van der Waals surface area contributed by atoms with Crippen LogP contribution in [-0.4, -0.2) is 20.8 Å². The Bertz CT molecular complexity index is 446. The van der Waals surface area contributed by atoms with E-state index in [1.165, 1.54) is 0 Å². The lowest BCUT2D eigenvalue weighted by Crippen LogP contribution is -1.90. The third kappa shape index (κ3) is 1.56. The van der Waals surface area contributed by atoms with E-state index in [1.807, 2.05) is 0 Å². The first-order valence-electron chi connectivity index (χ1n) is 3.80. The summed E-state index contributed by atoms with van der Waals surface area (Å²) in [6.45, 7) is 0. The topological polar surface area (TPSA) is 47.9 Å². The molecule has 0 amide bonds. The number of aromatic nitrogens is 3. The van der Waals surface area contributed by atoms with E-state index in [-0.39, 0.29) is 0 Å². The highest BCUT2D eigenvalue weighted by atomic mass is 35.5. The largest absolute Gasteiger partial charge is 0.494 e. The number of hydrogen-bond donors (Lipinski definition) is 0. The number of pyridine rings is 1. The summed E-state index contributed by atoms with van der Waals surface area (Å²) in [7, 11) is 1.58. The zero-order valence-corrected chi connectivity index (χ0v) is 8.84. The Morgan fingerprint density at radius 3 is 2.86 bits per heavy atom. The summed E-state index contributed by atoms with van der Waals surface area (Å²) in [5, 5.41) is 0.354. The van der Waals surface area contributed by atoms with E-state index in [0.29, 0.717) is 22.3 Å². The van der Waals surface area contributed by atoms with Gasteiger partial charge in [-0.3, -0.25) is 4.98 Å². The minimum atomic E-state index is 0.354. The van der Waals surface area contributed by atoms with Crippen LogP contribution in [0.3, 0.4) is 0 Å². The van der Waals surface area contributed by atoms with Crippen molar-refractivity contribution in [1.29, 1.82) is 0 Å². The summed E-state index contributed by atoms with van der Waals surface area (Å²) in [4.78, 5) is 4.15. The standard InChI is InChI=1S/C8H6ClN3OS/c1-13-5-3-2-4-10-6(5)7-8(9)12-14-11-7/h2-4H,1H3. The summed E-state index contributed by atoms with van der Waals surface area (Å²) < 4.78 is 13.1. The smallest absolute Gasteiger partial charge is 0.172 e. The Morgan fingerprint density at radius 2 is 2.21 bits per heavy atom. The maximum Gasteiger partial charge on any atom is 0.172 e. The van der Waals surface area contributed by atoms with E-state index in [1.54, 1.807) is 25.4 Å². The van der Waals surface area contributed by atoms with Gasteiger partial charge in [-0.05, 0) is 12.1 Å². The fourth-order valence-corrected chi connectivity index (χ4v) is 1.78. The van der Waals surface area contributed by atoms with Gasteiger partial charge in [0, 0.05) is 6.20 Å². The first-order valence-corrected chi connectivity index (χ1v) is 4.91. The molecular formula is C8H6ClN3OS. The summed E-state index contributed by atoms with van der Waals surface area (Å²) in [6, 6.07) is 3.59. The van der Waals surface area contributed by atoms with Gasteiger partial charge in [0.05, 0.1) is 18.8 Å². The number of halogens is 1. The zero-order valence-electron chi connectivity index (χ0n) is 7.27. The molecule has 0 aliphatic heterocycles. The average molecular weight is 228 g/mol. The van der Waals surface area contributed by atoms with E-state index in [9.17, 15) is 0 Å². The molecule has 0 aliphatic rings. The molecule has 0 saturated carbocycles. The van der Waals surface area contributed by atoms with Gasteiger partial charge in [0.15, 0.2) is 5.15 Å². The molecule has 2 heterocycles. The lowest BCUT2D eigenvalue weighted by molar-refractivity contribution is 0.414. The first kappa shape index (κ1) is 9.36. The minimum Gasteiger partial charge on any atom is -0.494 e. The zero-order chi connectivity index (χ0) is 9.97. The maximum atomic E-state index is 5.84. The van der Waals surface area contributed by atoms with E-state index in [4.69, 9.17) is 16.3 Å². The van der Waals surface area contributed by atoms with Crippen LogP contribution in [0.1, 0.15) is 0 Å². The van der Waals surface area contributed by atoms with Gasteiger partial charge in [0.1, 0.15) is 17.1 Å². The predicted molar refractivity (Wildman–Crippen MR) is 54.7 cm³/mol. The summed E-state index contributed by atoms with van der Waals surface area (Å²) in [5.74, 6) is 0.641. The van der Waals surface area contributed by atoms with Crippen LogP contribution in [0.2, 0.25) is 5.15 Å². The van der Waals surface area contributed by atoms with Gasteiger partial charge >= 0.3 is 0 Å². The van der Waals surface area contributed by atoms with Crippen LogP contribution >= 0.6 is 23.3 Å². The van der Waals surface area contributed by atoms with Crippen molar-refractivity contribution >= 4 is 23.3 Å². The highest BCUT2D eigenvalue weighted by Gasteiger charge is 2.13. The molecule has 2 rings (SSSR count). The molecule has 0 fully saturated rings. The molecule has 0 bridgehead atoms. The van der Waals surface area contributed by atoms with Gasteiger partial charge in [-0.2, -0.15) is 8.75 Å². The van der Waals surface area contributed by atoms with Crippen LogP contribution in [0.25, 0.3) is 11.4 Å². The molecule has 2 aromatic heterocycles. The second-order valence-corrected chi connectivity index (χ2v) is 3.34. The molecule has 14 heavy (non-hydrogen) atoms. The molecule has 0 spiro atoms. The number of methoxy groups -OCH3 is 1. The Hall–Kier alpha value is -1.20. The Balaban J connectivity index is 2.56. The number of rotatable bonds is 2. The van der Waals surface area contributed by atoms with Crippen molar-refractivity contribution in [3.05, 3.63) is 23.5 Å². The second kappa shape index (κ2) is 3.89. The summed E-state index contributed by atoms with van der Waals surface area (Å²) in [6.07, 6.45) is 1.66. The molecule has 0 N–H and O–H groups in total. The van der Waals surface area contributed by atoms with E-state index < -0.39 is 0 Å². The fraction of sp³-hybridized carbons (Fsp3) is 0.125. The molecular weight excluding hydrogens is 222 g/mol. The molecule has 72 valence electrons. The van der Waals surface area contributed by atoms with Crippen LogP contribution in [0.4, 0.5) is 0 Å². The van der Waals surface area contributed by atoms with Gasteiger partial charge in [0.25, 0.3) is 0 Å². The van der Waals surface area contributed by atoms with Crippen LogP contribution in [-0.2, 0) is 0 Å². The van der Waals surface area contributed by atoms with Crippen LogP contribution < -0.4 is 4.74 Å². The molecule has 0 radical (unpaired) electrons. The van der Waals surface area contributed by atoms with Gasteiger partial charge in [-0.1, -0.05) is 11.6 Å². The highest BCUT2D eigenvalue weighted by Crippen LogP contribution is 2.30. The third-order valence-electron chi connectivity index (χ3n) is 1.66. The van der Waals surface area contributed by atoms with Crippen molar-refractivity contribution < 1.29 is 4.74 Å². The Morgan fingerprint density at radius 1 is 1.36 bits per heavy atom. The van der Waals surface area contributed by atoms with Crippen molar-refractivity contribution in [2.24, 2.45) is 0 Å². The SMILES string of the molecule is COc1cccnc1-c1nsnc1Cl. The lowest BCUT2D eigenvalue weighted by atomic mass is 10.2.